The maximum Gasteiger partial charge on any atom is 0.151 e. The van der Waals surface area contributed by atoms with E-state index in [-0.39, 0.29) is 6.04 Å². The van der Waals surface area contributed by atoms with Crippen molar-refractivity contribution in [3.8, 4) is 0 Å². The fourth-order valence-electron chi connectivity index (χ4n) is 3.07. The predicted octanol–water partition coefficient (Wildman–Crippen LogP) is 1.73. The summed E-state index contributed by atoms with van der Waals surface area (Å²) in [4.78, 5) is 0. The monoisotopic (exact) mass is 245 g/mol. The lowest BCUT2D eigenvalue weighted by Crippen LogP contribution is -2.46. The van der Waals surface area contributed by atoms with Crippen molar-refractivity contribution >= 4 is 9.84 Å². The van der Waals surface area contributed by atoms with Crippen LogP contribution in [0.2, 0.25) is 0 Å². The summed E-state index contributed by atoms with van der Waals surface area (Å²) in [5.74, 6) is 1.55. The van der Waals surface area contributed by atoms with Crippen LogP contribution in [0.15, 0.2) is 0 Å². The lowest BCUT2D eigenvalue weighted by molar-refractivity contribution is 0.279. The van der Waals surface area contributed by atoms with E-state index in [1.54, 1.807) is 0 Å². The fraction of sp³-hybridized carbons (Fsp3) is 1.00. The molecule has 16 heavy (non-hydrogen) atoms. The van der Waals surface area contributed by atoms with Gasteiger partial charge in [-0.15, -0.1) is 0 Å². The molecule has 0 aromatic carbocycles. The van der Waals surface area contributed by atoms with Crippen molar-refractivity contribution in [1.82, 2.24) is 5.32 Å². The van der Waals surface area contributed by atoms with E-state index in [2.05, 4.69) is 12.2 Å². The summed E-state index contributed by atoms with van der Waals surface area (Å²) in [6, 6.07) is 0.774. The van der Waals surface area contributed by atoms with Crippen LogP contribution in [0.3, 0.4) is 0 Å². The SMILES string of the molecule is CC1CCCC(NC2CCCS(=O)(=O)C2)C1. The topological polar surface area (TPSA) is 46.2 Å². The predicted molar refractivity (Wildman–Crippen MR) is 66.2 cm³/mol. The second-order valence-electron chi connectivity index (χ2n) is 5.59. The van der Waals surface area contributed by atoms with Gasteiger partial charge in [0.1, 0.15) is 0 Å². The molecule has 3 unspecified atom stereocenters. The van der Waals surface area contributed by atoms with Gasteiger partial charge in [0.05, 0.1) is 11.5 Å². The van der Waals surface area contributed by atoms with E-state index < -0.39 is 9.84 Å². The van der Waals surface area contributed by atoms with Gasteiger partial charge in [-0.2, -0.15) is 0 Å². The smallest absolute Gasteiger partial charge is 0.151 e. The molecule has 2 aliphatic rings. The average molecular weight is 245 g/mol. The number of nitrogens with one attached hydrogen (secondary N) is 1. The molecule has 4 heteroatoms. The summed E-state index contributed by atoms with van der Waals surface area (Å²) >= 11 is 0. The highest BCUT2D eigenvalue weighted by atomic mass is 32.2. The molecule has 94 valence electrons. The Morgan fingerprint density at radius 2 is 1.81 bits per heavy atom. The van der Waals surface area contributed by atoms with Crippen LogP contribution in [0, 0.1) is 5.92 Å². The largest absolute Gasteiger partial charge is 0.310 e. The minimum atomic E-state index is -2.76. The van der Waals surface area contributed by atoms with Crippen LogP contribution in [-0.2, 0) is 9.84 Å². The van der Waals surface area contributed by atoms with Crippen LogP contribution in [0.5, 0.6) is 0 Å². The highest BCUT2D eigenvalue weighted by Gasteiger charge is 2.27. The van der Waals surface area contributed by atoms with Crippen LogP contribution < -0.4 is 5.32 Å². The molecule has 1 aliphatic heterocycles. The molecule has 1 saturated heterocycles. The standard InChI is InChI=1S/C12H23NO2S/c1-10-4-2-5-11(8-10)13-12-6-3-7-16(14,15)9-12/h10-13H,2-9H2,1H3. The van der Waals surface area contributed by atoms with Crippen molar-refractivity contribution in [2.75, 3.05) is 11.5 Å². The summed E-state index contributed by atoms with van der Waals surface area (Å²) in [6.45, 7) is 2.30. The highest BCUT2D eigenvalue weighted by molar-refractivity contribution is 7.91. The number of sulfone groups is 1. The zero-order valence-corrected chi connectivity index (χ0v) is 10.9. The van der Waals surface area contributed by atoms with Crippen LogP contribution in [0.4, 0.5) is 0 Å². The number of hydrogen-bond acceptors (Lipinski definition) is 3. The molecule has 1 aliphatic carbocycles. The van der Waals surface area contributed by atoms with Gasteiger partial charge in [0, 0.05) is 12.1 Å². The summed E-state index contributed by atoms with van der Waals surface area (Å²) in [6.07, 6.45) is 6.93. The molecule has 2 rings (SSSR count). The number of hydrogen-bond donors (Lipinski definition) is 1. The van der Waals surface area contributed by atoms with Crippen molar-refractivity contribution in [2.45, 2.75) is 57.5 Å². The van der Waals surface area contributed by atoms with Crippen molar-refractivity contribution in [3.63, 3.8) is 0 Å². The van der Waals surface area contributed by atoms with Crippen LogP contribution in [0.1, 0.15) is 45.4 Å². The van der Waals surface area contributed by atoms with Crippen LogP contribution >= 0.6 is 0 Å². The van der Waals surface area contributed by atoms with E-state index in [0.29, 0.717) is 17.5 Å². The van der Waals surface area contributed by atoms with Gasteiger partial charge >= 0.3 is 0 Å². The minimum Gasteiger partial charge on any atom is -0.310 e. The van der Waals surface area contributed by atoms with E-state index in [9.17, 15) is 8.42 Å². The van der Waals surface area contributed by atoms with E-state index >= 15 is 0 Å². The maximum atomic E-state index is 11.5. The van der Waals surface area contributed by atoms with Crippen molar-refractivity contribution in [1.29, 1.82) is 0 Å². The number of rotatable bonds is 2. The molecular formula is C12H23NO2S. The Morgan fingerprint density at radius 1 is 1.06 bits per heavy atom. The Labute approximate surface area is 98.9 Å². The first-order valence-corrected chi connectivity index (χ1v) is 8.34. The molecule has 2 fully saturated rings. The van der Waals surface area contributed by atoms with Gasteiger partial charge < -0.3 is 5.32 Å². The summed E-state index contributed by atoms with van der Waals surface area (Å²) in [5.41, 5.74) is 0. The Morgan fingerprint density at radius 3 is 2.50 bits per heavy atom. The lowest BCUT2D eigenvalue weighted by atomic mass is 9.86. The fourth-order valence-corrected chi connectivity index (χ4v) is 4.72. The third kappa shape index (κ3) is 3.45. The van der Waals surface area contributed by atoms with Crippen molar-refractivity contribution < 1.29 is 8.42 Å². The quantitative estimate of drug-likeness (QED) is 0.806. The van der Waals surface area contributed by atoms with Crippen LogP contribution in [-0.4, -0.2) is 32.0 Å². The zero-order chi connectivity index (χ0) is 11.6. The zero-order valence-electron chi connectivity index (χ0n) is 10.1. The molecule has 1 saturated carbocycles. The first kappa shape index (κ1) is 12.4. The highest BCUT2D eigenvalue weighted by Crippen LogP contribution is 2.24. The Bertz CT molecular complexity index is 326. The molecule has 0 spiro atoms. The minimum absolute atomic E-state index is 0.217. The average Bonchev–Trinajstić information content (AvgIpc) is 2.15. The summed E-state index contributed by atoms with van der Waals surface area (Å²) in [7, 11) is -2.76. The van der Waals surface area contributed by atoms with Crippen molar-refractivity contribution in [2.24, 2.45) is 5.92 Å². The molecule has 0 amide bonds. The van der Waals surface area contributed by atoms with E-state index in [0.717, 1.165) is 18.8 Å². The maximum absolute atomic E-state index is 11.5. The molecule has 0 radical (unpaired) electrons. The van der Waals surface area contributed by atoms with Gasteiger partial charge in [-0.3, -0.25) is 0 Å². The van der Waals surface area contributed by atoms with E-state index in [4.69, 9.17) is 0 Å². The molecule has 0 aromatic rings. The Kier molecular flexibility index (Phi) is 3.90. The first-order valence-electron chi connectivity index (χ1n) is 6.51. The second kappa shape index (κ2) is 5.05. The van der Waals surface area contributed by atoms with Gasteiger partial charge in [0.25, 0.3) is 0 Å². The van der Waals surface area contributed by atoms with Gasteiger partial charge in [-0.1, -0.05) is 19.8 Å². The molecule has 3 atom stereocenters. The van der Waals surface area contributed by atoms with E-state index in [1.165, 1.54) is 25.7 Å². The second-order valence-corrected chi connectivity index (χ2v) is 7.82. The molecule has 0 bridgehead atoms. The molecule has 1 N–H and O–H groups in total. The lowest BCUT2D eigenvalue weighted by Gasteiger charge is -2.32. The van der Waals surface area contributed by atoms with Gasteiger partial charge in [-0.05, 0) is 31.6 Å². The van der Waals surface area contributed by atoms with Crippen molar-refractivity contribution in [3.05, 3.63) is 0 Å². The third-order valence-corrected chi connectivity index (χ3v) is 5.69. The normalized spacial score (nSPS) is 39.4. The summed E-state index contributed by atoms with van der Waals surface area (Å²) in [5, 5.41) is 3.56. The van der Waals surface area contributed by atoms with Gasteiger partial charge in [-0.25, -0.2) is 8.42 Å². The molecule has 0 aromatic heterocycles. The Balaban J connectivity index is 1.84. The molecule has 1 heterocycles. The summed E-state index contributed by atoms with van der Waals surface area (Å²) < 4.78 is 23.1. The third-order valence-electron chi connectivity index (χ3n) is 3.87. The van der Waals surface area contributed by atoms with Gasteiger partial charge in [0.2, 0.25) is 0 Å². The Hall–Kier alpha value is -0.0900. The van der Waals surface area contributed by atoms with Gasteiger partial charge in [0.15, 0.2) is 9.84 Å². The van der Waals surface area contributed by atoms with Crippen LogP contribution in [0.25, 0.3) is 0 Å². The van der Waals surface area contributed by atoms with E-state index in [1.807, 2.05) is 0 Å². The first-order chi connectivity index (χ1) is 7.55. The molecule has 3 nitrogen and oxygen atoms in total. The molecular weight excluding hydrogens is 222 g/mol.